The van der Waals surface area contributed by atoms with Crippen molar-refractivity contribution >= 4 is 33.2 Å². The van der Waals surface area contributed by atoms with Crippen LogP contribution in [-0.4, -0.2) is 48.8 Å². The molecule has 0 aromatic heterocycles. The second-order valence-corrected chi connectivity index (χ2v) is 9.68. The number of ether oxygens (including phenoxy) is 4. The maximum atomic E-state index is 13.4. The Hall–Kier alpha value is -3.47. The molecule has 0 aliphatic rings. The number of rotatable bonds is 11. The average molecular weight is 535 g/mol. The van der Waals surface area contributed by atoms with Crippen molar-refractivity contribution in [3.63, 3.8) is 0 Å². The molecular weight excluding hydrogens is 508 g/mol. The standard InChI is InChI=1S/C25H27ClN2O7S/c1-32-21-11-10-17(13-24(21)35-4)36(30,31)28-20(12-16-8-6-5-7-9-16)25(29)27-19-15-22(33-2)18(26)14-23(19)34-3/h5-11,13-15,20,28H,12H2,1-4H3,(H,27,29)/t20-/m0/s1. The predicted octanol–water partition coefficient (Wildman–Crippen LogP) is 3.90. The molecule has 2 N–H and O–H groups in total. The molecular formula is C25H27ClN2O7S. The van der Waals surface area contributed by atoms with Gasteiger partial charge in [-0.3, -0.25) is 4.79 Å². The Kier molecular flexibility index (Phi) is 9.03. The number of hydrogen-bond donors (Lipinski definition) is 2. The average Bonchev–Trinajstić information content (AvgIpc) is 2.88. The number of sulfonamides is 1. The van der Waals surface area contributed by atoms with Gasteiger partial charge in [-0.15, -0.1) is 0 Å². The van der Waals surface area contributed by atoms with Gasteiger partial charge < -0.3 is 24.3 Å². The first kappa shape index (κ1) is 27.1. The van der Waals surface area contributed by atoms with Crippen LogP contribution in [0.1, 0.15) is 5.56 Å². The van der Waals surface area contributed by atoms with E-state index in [0.717, 1.165) is 5.56 Å². The number of carbonyl (C=O) groups is 1. The van der Waals surface area contributed by atoms with Crippen LogP contribution >= 0.6 is 11.6 Å². The van der Waals surface area contributed by atoms with E-state index in [4.69, 9.17) is 30.5 Å². The Bertz CT molecular complexity index is 1320. The number of hydrogen-bond acceptors (Lipinski definition) is 7. The highest BCUT2D eigenvalue weighted by molar-refractivity contribution is 7.89. The van der Waals surface area contributed by atoms with E-state index in [1.165, 1.54) is 58.8 Å². The van der Waals surface area contributed by atoms with Crippen LogP contribution in [0.25, 0.3) is 0 Å². The molecule has 0 unspecified atom stereocenters. The molecule has 3 aromatic carbocycles. The van der Waals surface area contributed by atoms with E-state index >= 15 is 0 Å². The first-order valence-electron chi connectivity index (χ1n) is 10.7. The van der Waals surface area contributed by atoms with Crippen molar-refractivity contribution in [2.24, 2.45) is 0 Å². The minimum absolute atomic E-state index is 0.0863. The van der Waals surface area contributed by atoms with E-state index in [-0.39, 0.29) is 28.5 Å². The van der Waals surface area contributed by atoms with Gasteiger partial charge in [0, 0.05) is 18.2 Å². The fourth-order valence-corrected chi connectivity index (χ4v) is 4.90. The van der Waals surface area contributed by atoms with Crippen LogP contribution in [0, 0.1) is 0 Å². The summed E-state index contributed by atoms with van der Waals surface area (Å²) in [7, 11) is 1.58. The van der Waals surface area contributed by atoms with E-state index in [2.05, 4.69) is 10.0 Å². The molecule has 36 heavy (non-hydrogen) atoms. The monoisotopic (exact) mass is 534 g/mol. The van der Waals surface area contributed by atoms with Crippen LogP contribution < -0.4 is 29.0 Å². The fourth-order valence-electron chi connectivity index (χ4n) is 3.45. The third-order valence-corrected chi connectivity index (χ3v) is 7.06. The summed E-state index contributed by atoms with van der Waals surface area (Å²) < 4.78 is 50.0. The lowest BCUT2D eigenvalue weighted by atomic mass is 10.1. The highest BCUT2D eigenvalue weighted by Gasteiger charge is 2.28. The third-order valence-electron chi connectivity index (χ3n) is 5.29. The van der Waals surface area contributed by atoms with E-state index in [1.807, 2.05) is 6.07 Å². The van der Waals surface area contributed by atoms with Gasteiger partial charge >= 0.3 is 0 Å². The summed E-state index contributed by atoms with van der Waals surface area (Å²) in [5.74, 6) is 0.612. The maximum absolute atomic E-state index is 13.4. The van der Waals surface area contributed by atoms with Crippen LogP contribution in [0.4, 0.5) is 5.69 Å². The molecule has 0 spiro atoms. The summed E-state index contributed by atoms with van der Waals surface area (Å²) in [5.41, 5.74) is 1.03. The van der Waals surface area contributed by atoms with Gasteiger partial charge in [0.05, 0.1) is 44.0 Å². The SMILES string of the molecule is COc1cc(NC(=O)[C@H](Cc2ccccc2)NS(=O)(=O)c2ccc(OC)c(OC)c2)c(OC)cc1Cl. The van der Waals surface area contributed by atoms with Gasteiger partial charge in [-0.05, 0) is 24.1 Å². The Balaban J connectivity index is 1.95. The summed E-state index contributed by atoms with van der Waals surface area (Å²) >= 11 is 6.16. The van der Waals surface area contributed by atoms with E-state index in [1.54, 1.807) is 24.3 Å². The summed E-state index contributed by atoms with van der Waals surface area (Å²) in [5, 5.41) is 3.02. The molecule has 0 fully saturated rings. The molecule has 0 aliphatic carbocycles. The minimum atomic E-state index is -4.13. The number of nitrogens with one attached hydrogen (secondary N) is 2. The maximum Gasteiger partial charge on any atom is 0.243 e. The quantitative estimate of drug-likeness (QED) is 0.383. The van der Waals surface area contributed by atoms with Crippen LogP contribution in [0.5, 0.6) is 23.0 Å². The second-order valence-electron chi connectivity index (χ2n) is 7.56. The van der Waals surface area contributed by atoms with Gasteiger partial charge in [-0.1, -0.05) is 41.9 Å². The second kappa shape index (κ2) is 12.0. The summed E-state index contributed by atoms with van der Waals surface area (Å²) in [6.07, 6.45) is 0.0895. The zero-order valence-corrected chi connectivity index (χ0v) is 21.8. The number of benzene rings is 3. The lowest BCUT2D eigenvalue weighted by molar-refractivity contribution is -0.117. The van der Waals surface area contributed by atoms with Crippen LogP contribution in [0.15, 0.2) is 65.6 Å². The number of halogens is 1. The molecule has 11 heteroatoms. The molecule has 9 nitrogen and oxygen atoms in total. The fraction of sp³-hybridized carbons (Fsp3) is 0.240. The Morgan fingerprint density at radius 1 is 0.833 bits per heavy atom. The summed E-state index contributed by atoms with van der Waals surface area (Å²) in [6, 6.07) is 15.0. The van der Waals surface area contributed by atoms with Crippen LogP contribution in [0.3, 0.4) is 0 Å². The van der Waals surface area contributed by atoms with Crippen LogP contribution in [0.2, 0.25) is 5.02 Å². The Morgan fingerprint density at radius 3 is 2.08 bits per heavy atom. The number of carbonyl (C=O) groups excluding carboxylic acids is 1. The molecule has 0 radical (unpaired) electrons. The molecule has 1 atom stereocenters. The third kappa shape index (κ3) is 6.39. The van der Waals surface area contributed by atoms with Gasteiger partial charge in [0.2, 0.25) is 15.9 Å². The molecule has 0 bridgehead atoms. The lowest BCUT2D eigenvalue weighted by Crippen LogP contribution is -2.45. The van der Waals surface area contributed by atoms with Gasteiger partial charge in [-0.25, -0.2) is 8.42 Å². The molecule has 3 rings (SSSR count). The number of amides is 1. The zero-order chi connectivity index (χ0) is 26.3. The van der Waals surface area contributed by atoms with Crippen molar-refractivity contribution in [1.82, 2.24) is 4.72 Å². The number of methoxy groups -OCH3 is 4. The molecule has 192 valence electrons. The molecule has 1 amide bonds. The van der Waals surface area contributed by atoms with Crippen molar-refractivity contribution in [1.29, 1.82) is 0 Å². The van der Waals surface area contributed by atoms with Crippen molar-refractivity contribution in [3.8, 4) is 23.0 Å². The number of anilines is 1. The Morgan fingerprint density at radius 2 is 1.47 bits per heavy atom. The highest BCUT2D eigenvalue weighted by atomic mass is 35.5. The molecule has 0 aliphatic heterocycles. The van der Waals surface area contributed by atoms with Gasteiger partial charge in [0.1, 0.15) is 17.5 Å². The summed E-state index contributed by atoms with van der Waals surface area (Å²) in [6.45, 7) is 0. The van der Waals surface area contributed by atoms with E-state index in [0.29, 0.717) is 16.5 Å². The molecule has 3 aromatic rings. The predicted molar refractivity (Wildman–Crippen MR) is 137 cm³/mol. The normalized spacial score (nSPS) is 11.9. The Labute approximate surface area is 215 Å². The topological polar surface area (TPSA) is 112 Å². The van der Waals surface area contributed by atoms with E-state index in [9.17, 15) is 13.2 Å². The van der Waals surface area contributed by atoms with Gasteiger partial charge in [0.15, 0.2) is 11.5 Å². The highest BCUT2D eigenvalue weighted by Crippen LogP contribution is 2.36. The van der Waals surface area contributed by atoms with Gasteiger partial charge in [-0.2, -0.15) is 4.72 Å². The summed E-state index contributed by atoms with van der Waals surface area (Å²) in [4.78, 5) is 13.3. The largest absolute Gasteiger partial charge is 0.495 e. The van der Waals surface area contributed by atoms with E-state index < -0.39 is 22.0 Å². The first-order valence-corrected chi connectivity index (χ1v) is 12.6. The van der Waals surface area contributed by atoms with Gasteiger partial charge in [0.25, 0.3) is 0 Å². The van der Waals surface area contributed by atoms with Crippen LogP contribution in [-0.2, 0) is 21.2 Å². The molecule has 0 saturated carbocycles. The van der Waals surface area contributed by atoms with Crippen molar-refractivity contribution in [2.45, 2.75) is 17.4 Å². The van der Waals surface area contributed by atoms with Crippen molar-refractivity contribution in [3.05, 3.63) is 71.2 Å². The molecule has 0 saturated heterocycles. The first-order chi connectivity index (χ1) is 17.2. The van der Waals surface area contributed by atoms with Crippen molar-refractivity contribution in [2.75, 3.05) is 33.8 Å². The minimum Gasteiger partial charge on any atom is -0.495 e. The molecule has 0 heterocycles. The smallest absolute Gasteiger partial charge is 0.243 e. The van der Waals surface area contributed by atoms with Crippen molar-refractivity contribution < 1.29 is 32.2 Å². The lowest BCUT2D eigenvalue weighted by Gasteiger charge is -2.20. The zero-order valence-electron chi connectivity index (χ0n) is 20.2.